The first kappa shape index (κ1) is 18.9. The van der Waals surface area contributed by atoms with E-state index in [-0.39, 0.29) is 5.91 Å². The van der Waals surface area contributed by atoms with Gasteiger partial charge in [-0.1, -0.05) is 12.1 Å². The molecule has 1 saturated heterocycles. The molecule has 7 nitrogen and oxygen atoms in total. The zero-order valence-corrected chi connectivity index (χ0v) is 16.0. The van der Waals surface area contributed by atoms with Crippen molar-refractivity contribution in [2.75, 3.05) is 11.9 Å². The van der Waals surface area contributed by atoms with Crippen LogP contribution in [-0.2, 0) is 16.1 Å². The minimum Gasteiger partial charge on any atom is -0.444 e. The van der Waals surface area contributed by atoms with E-state index in [1.807, 2.05) is 62.0 Å². The van der Waals surface area contributed by atoms with Gasteiger partial charge in [0.1, 0.15) is 11.6 Å². The van der Waals surface area contributed by atoms with E-state index < -0.39 is 17.7 Å². The van der Waals surface area contributed by atoms with Crippen LogP contribution in [0.15, 0.2) is 42.7 Å². The van der Waals surface area contributed by atoms with Crippen LogP contribution in [0.1, 0.15) is 39.2 Å². The normalized spacial score (nSPS) is 17.0. The molecule has 0 aliphatic carbocycles. The number of carbonyl (C=O) groups excluding carboxylic acids is 2. The van der Waals surface area contributed by atoms with Gasteiger partial charge in [0.25, 0.3) is 0 Å². The van der Waals surface area contributed by atoms with Gasteiger partial charge in [-0.25, -0.2) is 4.79 Å². The summed E-state index contributed by atoms with van der Waals surface area (Å²) >= 11 is 0. The Morgan fingerprint density at radius 1 is 1.26 bits per heavy atom. The number of anilines is 1. The summed E-state index contributed by atoms with van der Waals surface area (Å²) in [6.07, 6.45) is 4.64. The fourth-order valence-electron chi connectivity index (χ4n) is 3.08. The van der Waals surface area contributed by atoms with Gasteiger partial charge in [-0.15, -0.1) is 0 Å². The van der Waals surface area contributed by atoms with Gasteiger partial charge >= 0.3 is 6.09 Å². The molecule has 0 saturated carbocycles. The second-order valence-corrected chi connectivity index (χ2v) is 7.72. The van der Waals surface area contributed by atoms with E-state index >= 15 is 0 Å². The number of nitrogens with zero attached hydrogens (tertiary/aromatic N) is 3. The van der Waals surface area contributed by atoms with Crippen LogP contribution in [0.4, 0.5) is 10.5 Å². The van der Waals surface area contributed by atoms with E-state index in [9.17, 15) is 9.59 Å². The molecule has 1 N–H and O–H groups in total. The van der Waals surface area contributed by atoms with Gasteiger partial charge < -0.3 is 10.1 Å². The average molecular weight is 370 g/mol. The third-order valence-electron chi connectivity index (χ3n) is 4.31. The summed E-state index contributed by atoms with van der Waals surface area (Å²) in [6, 6.07) is 9.03. The summed E-state index contributed by atoms with van der Waals surface area (Å²) < 4.78 is 7.25. The van der Waals surface area contributed by atoms with Gasteiger partial charge in [0.15, 0.2) is 0 Å². The smallest absolute Gasteiger partial charge is 0.410 e. The van der Waals surface area contributed by atoms with Crippen LogP contribution in [0.2, 0.25) is 0 Å². The van der Waals surface area contributed by atoms with Crippen molar-refractivity contribution in [3.63, 3.8) is 0 Å². The Morgan fingerprint density at radius 3 is 2.63 bits per heavy atom. The minimum atomic E-state index is -0.578. The van der Waals surface area contributed by atoms with E-state index in [4.69, 9.17) is 4.74 Å². The van der Waals surface area contributed by atoms with Crippen LogP contribution in [-0.4, -0.2) is 44.9 Å². The Labute approximate surface area is 159 Å². The molecule has 3 rings (SSSR count). The SMILES string of the molecule is CC(C)(C)OC(=O)N1CCCC1C(=O)Nc1ccc(Cn2cccn2)cc1. The van der Waals surface area contributed by atoms with Crippen LogP contribution in [0.5, 0.6) is 0 Å². The first-order valence-corrected chi connectivity index (χ1v) is 9.19. The fraction of sp³-hybridized carbons (Fsp3) is 0.450. The predicted molar refractivity (Wildman–Crippen MR) is 102 cm³/mol. The molecule has 7 heteroatoms. The van der Waals surface area contributed by atoms with Crippen LogP contribution in [0.25, 0.3) is 0 Å². The maximum Gasteiger partial charge on any atom is 0.410 e. The molecule has 1 aliphatic rings. The van der Waals surface area contributed by atoms with E-state index in [1.165, 1.54) is 4.90 Å². The minimum absolute atomic E-state index is 0.182. The number of hydrogen-bond donors (Lipinski definition) is 1. The zero-order chi connectivity index (χ0) is 19.4. The molecule has 0 bridgehead atoms. The maximum atomic E-state index is 12.7. The number of likely N-dealkylation sites (tertiary alicyclic amines) is 1. The molecule has 1 atom stereocenters. The summed E-state index contributed by atoms with van der Waals surface area (Å²) in [5.74, 6) is -0.182. The molecular formula is C20H26N4O3. The van der Waals surface area contributed by atoms with Gasteiger partial charge in [-0.3, -0.25) is 14.4 Å². The molecule has 2 heterocycles. The molecule has 144 valence electrons. The number of rotatable bonds is 4. The maximum absolute atomic E-state index is 12.7. The fourth-order valence-corrected chi connectivity index (χ4v) is 3.08. The number of hydrogen-bond acceptors (Lipinski definition) is 4. The second-order valence-electron chi connectivity index (χ2n) is 7.72. The van der Waals surface area contributed by atoms with Gasteiger partial charge in [0.2, 0.25) is 5.91 Å². The summed E-state index contributed by atoms with van der Waals surface area (Å²) in [7, 11) is 0. The van der Waals surface area contributed by atoms with Crippen molar-refractivity contribution in [3.05, 3.63) is 48.3 Å². The molecule has 1 unspecified atom stereocenters. The molecule has 1 aromatic heterocycles. The first-order chi connectivity index (χ1) is 12.8. The number of nitrogens with one attached hydrogen (secondary N) is 1. The Hall–Kier alpha value is -2.83. The third kappa shape index (κ3) is 5.09. The second kappa shape index (κ2) is 7.82. The van der Waals surface area contributed by atoms with E-state index in [1.54, 1.807) is 6.20 Å². The zero-order valence-electron chi connectivity index (χ0n) is 16.0. The Balaban J connectivity index is 1.59. The van der Waals surface area contributed by atoms with E-state index in [0.717, 1.165) is 12.0 Å². The summed E-state index contributed by atoms with van der Waals surface area (Å²) in [5.41, 5.74) is 1.22. The number of aromatic nitrogens is 2. The molecule has 1 fully saturated rings. The van der Waals surface area contributed by atoms with Crippen LogP contribution < -0.4 is 5.32 Å². The van der Waals surface area contributed by atoms with E-state index in [0.29, 0.717) is 25.2 Å². The Morgan fingerprint density at radius 2 is 2.00 bits per heavy atom. The van der Waals surface area contributed by atoms with Crippen LogP contribution in [0, 0.1) is 0 Å². The molecule has 2 amide bonds. The summed E-state index contributed by atoms with van der Waals surface area (Å²) in [4.78, 5) is 26.5. The lowest BCUT2D eigenvalue weighted by Gasteiger charge is -2.28. The monoisotopic (exact) mass is 370 g/mol. The molecule has 2 aromatic rings. The summed E-state index contributed by atoms with van der Waals surface area (Å²) in [5, 5.41) is 7.09. The average Bonchev–Trinajstić information content (AvgIpc) is 3.26. The van der Waals surface area contributed by atoms with Crippen molar-refractivity contribution in [2.45, 2.75) is 51.8 Å². The van der Waals surface area contributed by atoms with Gasteiger partial charge in [-0.05, 0) is 57.4 Å². The third-order valence-corrected chi connectivity index (χ3v) is 4.31. The topological polar surface area (TPSA) is 76.5 Å². The number of benzene rings is 1. The largest absolute Gasteiger partial charge is 0.444 e. The number of amides is 2. The number of carbonyl (C=O) groups is 2. The van der Waals surface area contributed by atoms with Crippen molar-refractivity contribution in [2.24, 2.45) is 0 Å². The quantitative estimate of drug-likeness (QED) is 0.896. The highest BCUT2D eigenvalue weighted by Gasteiger charge is 2.36. The molecule has 0 spiro atoms. The van der Waals surface area contributed by atoms with Crippen molar-refractivity contribution >= 4 is 17.7 Å². The lowest BCUT2D eigenvalue weighted by atomic mass is 10.1. The highest BCUT2D eigenvalue weighted by atomic mass is 16.6. The van der Waals surface area contributed by atoms with Gasteiger partial charge in [-0.2, -0.15) is 5.10 Å². The van der Waals surface area contributed by atoms with Gasteiger partial charge in [0.05, 0.1) is 6.54 Å². The van der Waals surface area contributed by atoms with Crippen molar-refractivity contribution in [1.82, 2.24) is 14.7 Å². The van der Waals surface area contributed by atoms with E-state index in [2.05, 4.69) is 10.4 Å². The van der Waals surface area contributed by atoms with Gasteiger partial charge in [0, 0.05) is 24.6 Å². The van der Waals surface area contributed by atoms with Crippen molar-refractivity contribution in [3.8, 4) is 0 Å². The summed E-state index contributed by atoms with van der Waals surface area (Å²) in [6.45, 7) is 6.68. The molecule has 1 aliphatic heterocycles. The molecule has 0 radical (unpaired) electrons. The predicted octanol–water partition coefficient (Wildman–Crippen LogP) is 3.27. The lowest BCUT2D eigenvalue weighted by Crippen LogP contribution is -2.45. The Kier molecular flexibility index (Phi) is 5.48. The van der Waals surface area contributed by atoms with Crippen molar-refractivity contribution < 1.29 is 14.3 Å². The molecule has 27 heavy (non-hydrogen) atoms. The number of ether oxygens (including phenoxy) is 1. The highest BCUT2D eigenvalue weighted by molar-refractivity contribution is 5.96. The highest BCUT2D eigenvalue weighted by Crippen LogP contribution is 2.22. The van der Waals surface area contributed by atoms with Crippen molar-refractivity contribution in [1.29, 1.82) is 0 Å². The lowest BCUT2D eigenvalue weighted by molar-refractivity contribution is -0.120. The van der Waals surface area contributed by atoms with Crippen LogP contribution >= 0.6 is 0 Å². The standard InChI is InChI=1S/C20H26N4O3/c1-20(2,3)27-19(26)24-13-4-6-17(24)18(25)22-16-9-7-15(8-10-16)14-23-12-5-11-21-23/h5,7-12,17H,4,6,13-14H2,1-3H3,(H,22,25). The first-order valence-electron chi connectivity index (χ1n) is 9.19. The molecular weight excluding hydrogens is 344 g/mol. The Bertz CT molecular complexity index is 779. The van der Waals surface area contributed by atoms with Crippen LogP contribution in [0.3, 0.4) is 0 Å². The molecule has 1 aromatic carbocycles.